The molecule has 1 saturated heterocycles. The number of carbonyl (C=O) groups is 1. The van der Waals surface area contributed by atoms with E-state index in [2.05, 4.69) is 21.7 Å². The zero-order chi connectivity index (χ0) is 25.0. The van der Waals surface area contributed by atoms with Crippen LogP contribution in [0.4, 0.5) is 16.2 Å². The lowest BCUT2D eigenvalue weighted by Gasteiger charge is -2.34. The van der Waals surface area contributed by atoms with E-state index in [9.17, 15) is 13.2 Å². The van der Waals surface area contributed by atoms with Gasteiger partial charge in [0.05, 0.1) is 10.6 Å². The van der Waals surface area contributed by atoms with Gasteiger partial charge in [0.15, 0.2) is 9.84 Å². The van der Waals surface area contributed by atoms with Crippen LogP contribution in [0.5, 0.6) is 0 Å². The van der Waals surface area contributed by atoms with Gasteiger partial charge in [0, 0.05) is 55.4 Å². The molecule has 4 heterocycles. The highest BCUT2D eigenvalue weighted by Gasteiger charge is 2.29. The average molecular weight is 497 g/mol. The number of hydrogen-bond acceptors (Lipinski definition) is 6. The topological polar surface area (TPSA) is 84.7 Å². The fraction of sp³-hybridized carbons (Fsp3) is 0.462. The highest BCUT2D eigenvalue weighted by Crippen LogP contribution is 2.40. The van der Waals surface area contributed by atoms with Crippen molar-refractivity contribution in [1.82, 2.24) is 14.5 Å². The molecule has 5 rings (SSSR count). The van der Waals surface area contributed by atoms with Crippen LogP contribution in [0, 0.1) is 0 Å². The lowest BCUT2D eigenvalue weighted by Crippen LogP contribution is -2.42. The number of ether oxygens (including phenoxy) is 1. The minimum absolute atomic E-state index is 0.250. The minimum atomic E-state index is -3.23. The van der Waals surface area contributed by atoms with Crippen LogP contribution in [0.15, 0.2) is 47.6 Å². The Bertz CT molecular complexity index is 1380. The Morgan fingerprint density at radius 2 is 1.80 bits per heavy atom. The second kappa shape index (κ2) is 8.55. The first kappa shape index (κ1) is 23.7. The van der Waals surface area contributed by atoms with Crippen molar-refractivity contribution in [3.63, 3.8) is 0 Å². The van der Waals surface area contributed by atoms with E-state index in [1.165, 1.54) is 6.26 Å². The Morgan fingerprint density at radius 1 is 1.06 bits per heavy atom. The number of amides is 1. The lowest BCUT2D eigenvalue weighted by atomic mass is 10.1. The minimum Gasteiger partial charge on any atom is -0.444 e. The normalized spacial score (nSPS) is 17.1. The van der Waals surface area contributed by atoms with Crippen LogP contribution in [0.2, 0.25) is 0 Å². The number of carbonyl (C=O) groups excluding carboxylic acids is 1. The van der Waals surface area contributed by atoms with Crippen LogP contribution in [-0.2, 0) is 21.0 Å². The summed E-state index contributed by atoms with van der Waals surface area (Å²) in [5.41, 5.74) is 3.60. The van der Waals surface area contributed by atoms with Gasteiger partial charge >= 0.3 is 6.09 Å². The molecule has 0 N–H and O–H groups in total. The number of rotatable bonds is 3. The summed E-state index contributed by atoms with van der Waals surface area (Å²) in [6.07, 6.45) is 7.42. The fourth-order valence-electron chi connectivity index (χ4n) is 5.09. The predicted octanol–water partition coefficient (Wildman–Crippen LogP) is 4.71. The number of sulfone groups is 1. The highest BCUT2D eigenvalue weighted by molar-refractivity contribution is 7.90. The highest BCUT2D eigenvalue weighted by atomic mass is 32.2. The average Bonchev–Trinajstić information content (AvgIpc) is 3.41. The number of likely N-dealkylation sites (tertiary alicyclic amines) is 1. The molecule has 8 nitrogen and oxygen atoms in total. The summed E-state index contributed by atoms with van der Waals surface area (Å²) in [6, 6.07) is 9.80. The molecule has 1 amide bonds. The molecule has 2 aromatic heterocycles. The third kappa shape index (κ3) is 4.61. The summed E-state index contributed by atoms with van der Waals surface area (Å²) < 4.78 is 31.7. The third-order valence-electron chi connectivity index (χ3n) is 6.77. The van der Waals surface area contributed by atoms with Crippen molar-refractivity contribution in [1.29, 1.82) is 0 Å². The molecule has 0 aliphatic carbocycles. The lowest BCUT2D eigenvalue weighted by molar-refractivity contribution is 0.0189. The molecule has 0 unspecified atom stereocenters. The summed E-state index contributed by atoms with van der Waals surface area (Å²) in [5, 5.41) is 1.07. The van der Waals surface area contributed by atoms with Gasteiger partial charge in [0.25, 0.3) is 0 Å². The molecule has 9 heteroatoms. The summed E-state index contributed by atoms with van der Waals surface area (Å²) in [6.45, 7) is 7.76. The number of anilines is 2. The van der Waals surface area contributed by atoms with E-state index >= 15 is 0 Å². The van der Waals surface area contributed by atoms with Gasteiger partial charge in [0.2, 0.25) is 0 Å². The van der Waals surface area contributed by atoms with Gasteiger partial charge in [0.1, 0.15) is 11.2 Å². The Labute approximate surface area is 206 Å². The fourth-order valence-corrected chi connectivity index (χ4v) is 5.76. The Hall–Kier alpha value is -3.07. The molecule has 0 spiro atoms. The third-order valence-corrected chi connectivity index (χ3v) is 7.88. The van der Waals surface area contributed by atoms with Gasteiger partial charge in [-0.3, -0.25) is 0 Å². The van der Waals surface area contributed by atoms with Gasteiger partial charge in [-0.15, -0.1) is 0 Å². The van der Waals surface area contributed by atoms with Crippen molar-refractivity contribution >= 4 is 38.3 Å². The molecule has 2 aliphatic rings. The second-order valence-corrected chi connectivity index (χ2v) is 12.5. The second-order valence-electron chi connectivity index (χ2n) is 10.5. The number of aromatic nitrogens is 2. The zero-order valence-corrected chi connectivity index (χ0v) is 21.5. The largest absolute Gasteiger partial charge is 0.444 e. The molecule has 2 aliphatic heterocycles. The van der Waals surface area contributed by atoms with Crippen molar-refractivity contribution in [3.05, 3.63) is 48.3 Å². The van der Waals surface area contributed by atoms with E-state index < -0.39 is 15.4 Å². The van der Waals surface area contributed by atoms with E-state index in [0.717, 1.165) is 53.8 Å². The van der Waals surface area contributed by atoms with Crippen molar-refractivity contribution in [2.75, 3.05) is 30.8 Å². The summed E-state index contributed by atoms with van der Waals surface area (Å²) in [7, 11) is -3.23. The van der Waals surface area contributed by atoms with Crippen molar-refractivity contribution in [2.24, 2.45) is 0 Å². The van der Waals surface area contributed by atoms with E-state index in [1.54, 1.807) is 17.0 Å². The number of hydrogen-bond donors (Lipinski definition) is 0. The molecule has 0 bridgehead atoms. The van der Waals surface area contributed by atoms with E-state index in [1.807, 2.05) is 39.1 Å². The zero-order valence-electron chi connectivity index (χ0n) is 20.7. The quantitative estimate of drug-likeness (QED) is 0.522. The molecule has 1 fully saturated rings. The molecular formula is C26H32N4O4S. The number of benzene rings is 1. The van der Waals surface area contributed by atoms with Crippen LogP contribution in [0.3, 0.4) is 0 Å². The Balaban J connectivity index is 1.38. The van der Waals surface area contributed by atoms with Crippen molar-refractivity contribution in [3.8, 4) is 0 Å². The van der Waals surface area contributed by atoms with Gasteiger partial charge in [-0.05, 0) is 75.9 Å². The first-order valence-corrected chi connectivity index (χ1v) is 13.9. The number of fused-ring (bicyclic) bond motifs is 2. The SMILES string of the molecule is CC(C)(C)OC(=O)N1CCC(n2ccc3c(N4CCc5cc(S(C)(=O)=O)ccc54)ccnc32)CC1. The smallest absolute Gasteiger partial charge is 0.410 e. The molecule has 0 atom stereocenters. The summed E-state index contributed by atoms with van der Waals surface area (Å²) in [5.74, 6) is 0. The van der Waals surface area contributed by atoms with E-state index in [-0.39, 0.29) is 12.1 Å². The van der Waals surface area contributed by atoms with Gasteiger partial charge in [-0.25, -0.2) is 18.2 Å². The molecule has 0 saturated carbocycles. The molecule has 0 radical (unpaired) electrons. The number of pyridine rings is 1. The van der Waals surface area contributed by atoms with Gasteiger partial charge < -0.3 is 19.1 Å². The standard InChI is InChI=1S/C26H32N4O4S/c1-26(2,3)34-25(31)28-13-9-19(10-14-28)29-16-11-21-23(7-12-27-24(21)29)30-15-8-18-17-20(35(4,32)33)5-6-22(18)30/h5-7,11-12,16-17,19H,8-10,13-15H2,1-4H3. The molecule has 35 heavy (non-hydrogen) atoms. The van der Waals surface area contributed by atoms with Crippen LogP contribution < -0.4 is 4.90 Å². The first-order valence-electron chi connectivity index (χ1n) is 12.1. The predicted molar refractivity (Wildman–Crippen MR) is 136 cm³/mol. The van der Waals surface area contributed by atoms with E-state index in [0.29, 0.717) is 18.0 Å². The first-order chi connectivity index (χ1) is 16.5. The molecule has 186 valence electrons. The van der Waals surface area contributed by atoms with Gasteiger partial charge in [-0.1, -0.05) is 0 Å². The monoisotopic (exact) mass is 496 g/mol. The van der Waals surface area contributed by atoms with Crippen molar-refractivity contribution in [2.45, 2.75) is 56.6 Å². The van der Waals surface area contributed by atoms with Crippen molar-refractivity contribution < 1.29 is 17.9 Å². The number of piperidine rings is 1. The van der Waals surface area contributed by atoms with Crippen LogP contribution in [0.25, 0.3) is 11.0 Å². The summed E-state index contributed by atoms with van der Waals surface area (Å²) in [4.78, 5) is 21.5. The van der Waals surface area contributed by atoms with Crippen LogP contribution in [-0.4, -0.2) is 60.5 Å². The molecular weight excluding hydrogens is 464 g/mol. The van der Waals surface area contributed by atoms with Crippen LogP contribution >= 0.6 is 0 Å². The summed E-state index contributed by atoms with van der Waals surface area (Å²) >= 11 is 0. The molecule has 3 aromatic rings. The maximum atomic E-state index is 12.4. The maximum absolute atomic E-state index is 12.4. The number of nitrogens with zero attached hydrogens (tertiary/aromatic N) is 4. The van der Waals surface area contributed by atoms with Gasteiger partial charge in [-0.2, -0.15) is 0 Å². The van der Waals surface area contributed by atoms with Crippen LogP contribution in [0.1, 0.15) is 45.2 Å². The maximum Gasteiger partial charge on any atom is 0.410 e. The van der Waals surface area contributed by atoms with E-state index in [4.69, 9.17) is 9.72 Å². The Morgan fingerprint density at radius 3 is 2.49 bits per heavy atom. The molecule has 1 aromatic carbocycles. The Kier molecular flexibility index (Phi) is 5.78.